The lowest BCUT2D eigenvalue weighted by Gasteiger charge is -2.21. The fourth-order valence-corrected chi connectivity index (χ4v) is 3.54. The van der Waals surface area contributed by atoms with Gasteiger partial charge in [-0.2, -0.15) is 10.2 Å². The van der Waals surface area contributed by atoms with Gasteiger partial charge in [0.1, 0.15) is 5.75 Å². The van der Waals surface area contributed by atoms with E-state index in [1.807, 2.05) is 47.7 Å². The summed E-state index contributed by atoms with van der Waals surface area (Å²) in [4.78, 5) is 2.14. The fourth-order valence-electron chi connectivity index (χ4n) is 3.33. The van der Waals surface area contributed by atoms with Crippen molar-refractivity contribution in [2.24, 2.45) is 0 Å². The second-order valence-electron chi connectivity index (χ2n) is 7.39. The highest BCUT2D eigenvalue weighted by molar-refractivity contribution is 6.32. The molecule has 0 aliphatic rings. The third-order valence-corrected chi connectivity index (χ3v) is 5.39. The Kier molecular flexibility index (Phi) is 6.10. The minimum absolute atomic E-state index is 0.00992. The molecule has 0 N–H and O–H groups in total. The van der Waals surface area contributed by atoms with Crippen molar-refractivity contribution < 1.29 is 4.74 Å². The number of methoxy groups -OCH3 is 1. The topological polar surface area (TPSA) is 48.1 Å². The molecule has 1 atom stereocenters. The number of aryl methyl sites for hydroxylation is 1. The zero-order valence-corrected chi connectivity index (χ0v) is 18.2. The Labute approximate surface area is 171 Å². The molecule has 0 bridgehead atoms. The first-order valence-corrected chi connectivity index (χ1v) is 9.76. The summed E-state index contributed by atoms with van der Waals surface area (Å²) >= 11 is 6.62. The summed E-state index contributed by atoms with van der Waals surface area (Å²) in [6.45, 7) is 7.85. The first-order valence-electron chi connectivity index (χ1n) is 9.38. The minimum Gasteiger partial charge on any atom is -0.496 e. The molecule has 0 aliphatic heterocycles. The van der Waals surface area contributed by atoms with Gasteiger partial charge in [0.15, 0.2) is 0 Å². The molecule has 3 aromatic rings. The van der Waals surface area contributed by atoms with Crippen molar-refractivity contribution in [3.8, 4) is 16.9 Å². The normalized spacial score (nSPS) is 12.6. The summed E-state index contributed by atoms with van der Waals surface area (Å²) in [7, 11) is 5.81. The van der Waals surface area contributed by atoms with Gasteiger partial charge in [-0.05, 0) is 52.6 Å². The van der Waals surface area contributed by atoms with Gasteiger partial charge in [-0.3, -0.25) is 9.36 Å². The van der Waals surface area contributed by atoms with Crippen LogP contribution < -0.4 is 4.74 Å². The fraction of sp³-hybridized carbons (Fsp3) is 0.429. The van der Waals surface area contributed by atoms with Crippen LogP contribution in [-0.2, 0) is 6.54 Å². The average molecular weight is 402 g/mol. The van der Waals surface area contributed by atoms with Crippen molar-refractivity contribution in [3.63, 3.8) is 0 Å². The Hall–Kier alpha value is -2.31. The van der Waals surface area contributed by atoms with Crippen molar-refractivity contribution in [1.82, 2.24) is 24.5 Å². The molecule has 0 saturated carbocycles. The Balaban J connectivity index is 2.07. The Morgan fingerprint density at radius 3 is 2.64 bits per heavy atom. The Morgan fingerprint density at radius 2 is 2.04 bits per heavy atom. The van der Waals surface area contributed by atoms with E-state index >= 15 is 0 Å². The zero-order chi connectivity index (χ0) is 20.4. The molecule has 0 aliphatic carbocycles. The van der Waals surface area contributed by atoms with E-state index < -0.39 is 0 Å². The maximum atomic E-state index is 6.62. The van der Waals surface area contributed by atoms with Crippen LogP contribution in [0.15, 0.2) is 30.7 Å². The zero-order valence-electron chi connectivity index (χ0n) is 17.4. The molecular formula is C21H28ClN5O. The highest BCUT2D eigenvalue weighted by atomic mass is 35.5. The summed E-state index contributed by atoms with van der Waals surface area (Å²) < 4.78 is 9.77. The second-order valence-corrected chi connectivity index (χ2v) is 7.80. The molecule has 0 saturated heterocycles. The molecule has 0 spiro atoms. The number of ether oxygens (including phenoxy) is 1. The third-order valence-electron chi connectivity index (χ3n) is 5.00. The largest absolute Gasteiger partial charge is 0.496 e. The second kappa shape index (κ2) is 8.37. The molecule has 1 aromatic carbocycles. The van der Waals surface area contributed by atoms with Crippen LogP contribution in [-0.4, -0.2) is 52.2 Å². The molecule has 0 fully saturated rings. The van der Waals surface area contributed by atoms with Gasteiger partial charge in [0.05, 0.1) is 31.6 Å². The summed E-state index contributed by atoms with van der Waals surface area (Å²) in [6, 6.07) is 3.97. The molecule has 3 rings (SSSR count). The highest BCUT2D eigenvalue weighted by Gasteiger charge is 2.23. The van der Waals surface area contributed by atoms with E-state index in [0.717, 1.165) is 46.8 Å². The minimum atomic E-state index is -0.00992. The van der Waals surface area contributed by atoms with E-state index in [2.05, 4.69) is 42.3 Å². The van der Waals surface area contributed by atoms with E-state index in [1.54, 1.807) is 7.11 Å². The third kappa shape index (κ3) is 4.08. The average Bonchev–Trinajstić information content (AvgIpc) is 3.30. The highest BCUT2D eigenvalue weighted by Crippen LogP contribution is 2.42. The summed E-state index contributed by atoms with van der Waals surface area (Å²) in [5, 5.41) is 9.79. The molecule has 1 unspecified atom stereocenters. The molecule has 2 heterocycles. The molecule has 2 aromatic heterocycles. The van der Waals surface area contributed by atoms with Crippen LogP contribution in [0.1, 0.15) is 29.8 Å². The first-order chi connectivity index (χ1) is 13.3. The van der Waals surface area contributed by atoms with Crippen LogP contribution in [0.3, 0.4) is 0 Å². The molecule has 150 valence electrons. The van der Waals surface area contributed by atoms with Gasteiger partial charge in [0.2, 0.25) is 0 Å². The van der Waals surface area contributed by atoms with Crippen LogP contribution in [0.25, 0.3) is 11.1 Å². The molecule has 0 amide bonds. The lowest BCUT2D eigenvalue weighted by Crippen LogP contribution is -2.18. The van der Waals surface area contributed by atoms with Crippen molar-refractivity contribution in [2.75, 3.05) is 27.7 Å². The van der Waals surface area contributed by atoms with Crippen molar-refractivity contribution >= 4 is 11.6 Å². The van der Waals surface area contributed by atoms with Crippen LogP contribution >= 0.6 is 11.6 Å². The predicted octanol–water partition coefficient (Wildman–Crippen LogP) is 4.20. The summed E-state index contributed by atoms with van der Waals surface area (Å²) in [6.07, 6.45) is 5.91. The number of aromatic nitrogens is 4. The lowest BCUT2D eigenvalue weighted by atomic mass is 9.95. The molecular weight excluding hydrogens is 374 g/mol. The van der Waals surface area contributed by atoms with Crippen LogP contribution in [0.5, 0.6) is 5.75 Å². The van der Waals surface area contributed by atoms with Gasteiger partial charge in [-0.25, -0.2) is 0 Å². The number of benzene rings is 1. The number of likely N-dealkylation sites (N-methyl/N-ethyl adjacent to an activating group) is 1. The lowest BCUT2D eigenvalue weighted by molar-refractivity contribution is 0.373. The number of hydrogen-bond donors (Lipinski definition) is 0. The quantitative estimate of drug-likeness (QED) is 0.595. The number of halogens is 1. The molecule has 7 heteroatoms. The van der Waals surface area contributed by atoms with Crippen LogP contribution in [0.4, 0.5) is 0 Å². The smallest absolute Gasteiger partial charge is 0.132 e. The predicted molar refractivity (Wildman–Crippen MR) is 113 cm³/mol. The summed E-state index contributed by atoms with van der Waals surface area (Å²) in [5.74, 6) is 0.815. The van der Waals surface area contributed by atoms with E-state index in [-0.39, 0.29) is 6.04 Å². The van der Waals surface area contributed by atoms with E-state index in [0.29, 0.717) is 5.02 Å². The van der Waals surface area contributed by atoms with Gasteiger partial charge in [0, 0.05) is 40.7 Å². The van der Waals surface area contributed by atoms with Gasteiger partial charge in [0.25, 0.3) is 0 Å². The first kappa shape index (κ1) is 20.4. The number of rotatable bonds is 7. The van der Waals surface area contributed by atoms with Gasteiger partial charge in [-0.1, -0.05) is 11.6 Å². The Bertz CT molecular complexity index is 960. The van der Waals surface area contributed by atoms with Crippen molar-refractivity contribution in [1.29, 1.82) is 0 Å². The maximum absolute atomic E-state index is 6.62. The summed E-state index contributed by atoms with van der Waals surface area (Å²) in [5.41, 5.74) is 4.94. The van der Waals surface area contributed by atoms with Crippen LogP contribution in [0, 0.1) is 13.8 Å². The van der Waals surface area contributed by atoms with Crippen LogP contribution in [0.2, 0.25) is 5.02 Å². The molecule has 6 nitrogen and oxygen atoms in total. The van der Waals surface area contributed by atoms with E-state index in [4.69, 9.17) is 16.3 Å². The van der Waals surface area contributed by atoms with Gasteiger partial charge in [-0.15, -0.1) is 0 Å². The molecule has 0 radical (unpaired) electrons. The standard InChI is InChI=1S/C21H28ClN5O/c1-14-7-8-27(24-14)16(3)18-11-19(22)15(2)20(21(18)28-6)17-12-23-26(13-17)10-9-25(4)5/h7-8,11-13,16H,9-10H2,1-6H3. The monoisotopic (exact) mass is 401 g/mol. The number of hydrogen-bond acceptors (Lipinski definition) is 4. The molecule has 28 heavy (non-hydrogen) atoms. The Morgan fingerprint density at radius 1 is 1.29 bits per heavy atom. The van der Waals surface area contributed by atoms with E-state index in [1.165, 1.54) is 0 Å². The maximum Gasteiger partial charge on any atom is 0.132 e. The van der Waals surface area contributed by atoms with E-state index in [9.17, 15) is 0 Å². The van der Waals surface area contributed by atoms with Gasteiger partial charge < -0.3 is 9.64 Å². The van der Waals surface area contributed by atoms with Gasteiger partial charge >= 0.3 is 0 Å². The van der Waals surface area contributed by atoms with Crippen molar-refractivity contribution in [3.05, 3.63) is 52.6 Å². The number of nitrogens with zero attached hydrogens (tertiary/aromatic N) is 5. The van der Waals surface area contributed by atoms with Crippen molar-refractivity contribution in [2.45, 2.75) is 33.4 Å². The SMILES string of the molecule is COc1c(C(C)n2ccc(C)n2)cc(Cl)c(C)c1-c1cnn(CCN(C)C)c1.